The van der Waals surface area contributed by atoms with Gasteiger partial charge in [0.1, 0.15) is 0 Å². The average molecular weight is 489 g/mol. The van der Waals surface area contributed by atoms with Gasteiger partial charge in [0, 0.05) is 22.9 Å². The van der Waals surface area contributed by atoms with Crippen LogP contribution in [-0.2, 0) is 9.31 Å². The number of halogens is 5. The standard InChI is InChI=1S/C20H22BClF4N4O3/c1-18(2)19(3,7-4-5-15-10-14(22)6-8-30(15)29-27)33-21(32-18)13-9-16(23)17(28-11-13)31-12-20(24,25)26/h5-6,8-11,27H,4,7,12H2,1-3H3/b15-5-,29-27?. The van der Waals surface area contributed by atoms with E-state index < -0.39 is 42.8 Å². The van der Waals surface area contributed by atoms with Gasteiger partial charge in [-0.25, -0.2) is 14.4 Å². The quantitative estimate of drug-likeness (QED) is 0.332. The minimum absolute atomic E-state index is 0.216. The molecule has 178 valence electrons. The third-order valence-electron chi connectivity index (χ3n) is 5.52. The molecular weight excluding hydrogens is 467 g/mol. The molecule has 0 bridgehead atoms. The van der Waals surface area contributed by atoms with E-state index in [1.807, 2.05) is 26.8 Å². The van der Waals surface area contributed by atoms with E-state index in [1.54, 1.807) is 18.4 Å². The van der Waals surface area contributed by atoms with Crippen LogP contribution in [0.2, 0.25) is 0 Å². The van der Waals surface area contributed by atoms with Crippen LogP contribution in [0.1, 0.15) is 33.6 Å². The average Bonchev–Trinajstić information content (AvgIpc) is 2.95. The van der Waals surface area contributed by atoms with Gasteiger partial charge in [0.2, 0.25) is 0 Å². The molecule has 1 aromatic rings. The number of alkyl halides is 3. The highest BCUT2D eigenvalue weighted by molar-refractivity contribution is 6.62. The molecule has 0 aliphatic carbocycles. The van der Waals surface area contributed by atoms with Crippen LogP contribution in [-0.4, -0.2) is 41.1 Å². The molecule has 7 nitrogen and oxygen atoms in total. The second kappa shape index (κ2) is 9.44. The second-order valence-electron chi connectivity index (χ2n) is 8.23. The lowest BCUT2D eigenvalue weighted by atomic mass is 9.80. The maximum absolute atomic E-state index is 14.3. The molecule has 2 aliphatic heterocycles. The molecule has 1 saturated heterocycles. The third kappa shape index (κ3) is 5.93. The highest BCUT2D eigenvalue weighted by Crippen LogP contribution is 2.40. The molecule has 3 rings (SSSR count). The first-order chi connectivity index (χ1) is 15.3. The van der Waals surface area contributed by atoms with Gasteiger partial charge in [0.15, 0.2) is 12.4 Å². The van der Waals surface area contributed by atoms with Crippen LogP contribution in [0.4, 0.5) is 17.6 Å². The van der Waals surface area contributed by atoms with Crippen LogP contribution in [0, 0.1) is 11.3 Å². The van der Waals surface area contributed by atoms with Gasteiger partial charge in [-0.3, -0.25) is 0 Å². The largest absolute Gasteiger partial charge is 0.496 e. The van der Waals surface area contributed by atoms with Crippen LogP contribution in [0.5, 0.6) is 5.88 Å². The van der Waals surface area contributed by atoms with Crippen molar-refractivity contribution in [2.75, 3.05) is 6.61 Å². The van der Waals surface area contributed by atoms with E-state index >= 15 is 0 Å². The Kier molecular flexibility index (Phi) is 7.20. The van der Waals surface area contributed by atoms with Crippen molar-refractivity contribution in [2.24, 2.45) is 5.22 Å². The van der Waals surface area contributed by atoms with Crippen molar-refractivity contribution in [2.45, 2.75) is 51.0 Å². The molecule has 1 fully saturated rings. The topological polar surface area (TPSA) is 80.0 Å². The molecule has 0 spiro atoms. The molecule has 0 amide bonds. The second-order valence-corrected chi connectivity index (χ2v) is 8.66. The molecule has 1 aromatic heterocycles. The first kappa shape index (κ1) is 25.2. The molecule has 2 aliphatic rings. The zero-order chi connectivity index (χ0) is 24.4. The third-order valence-corrected chi connectivity index (χ3v) is 5.76. The van der Waals surface area contributed by atoms with Gasteiger partial charge in [-0.15, -0.1) is 0 Å². The number of hydrogen-bond acceptors (Lipinski definition) is 6. The lowest BCUT2D eigenvalue weighted by molar-refractivity contribution is -0.154. The summed E-state index contributed by atoms with van der Waals surface area (Å²) in [6, 6.07) is 0.988. The van der Waals surface area contributed by atoms with Gasteiger partial charge >= 0.3 is 13.3 Å². The van der Waals surface area contributed by atoms with E-state index in [2.05, 4.69) is 14.9 Å². The van der Waals surface area contributed by atoms with Crippen molar-refractivity contribution in [3.63, 3.8) is 0 Å². The Bertz CT molecular complexity index is 1000. The van der Waals surface area contributed by atoms with Crippen molar-refractivity contribution in [1.82, 2.24) is 9.99 Å². The van der Waals surface area contributed by atoms with Crippen molar-refractivity contribution in [1.29, 1.82) is 5.53 Å². The Morgan fingerprint density at radius 1 is 1.33 bits per heavy atom. The van der Waals surface area contributed by atoms with E-state index in [0.717, 1.165) is 12.3 Å². The minimum Gasteiger partial charge on any atom is -0.466 e. The number of aromatic nitrogens is 1. The highest BCUT2D eigenvalue weighted by Gasteiger charge is 2.54. The van der Waals surface area contributed by atoms with Gasteiger partial charge in [-0.1, -0.05) is 22.9 Å². The Balaban J connectivity index is 1.70. The zero-order valence-electron chi connectivity index (χ0n) is 18.1. The molecule has 0 radical (unpaired) electrons. The summed E-state index contributed by atoms with van der Waals surface area (Å²) in [5, 5.41) is 5.28. The number of hydrogen-bond donors (Lipinski definition) is 1. The molecule has 1 unspecified atom stereocenters. The monoisotopic (exact) mass is 488 g/mol. The lowest BCUT2D eigenvalue weighted by Crippen LogP contribution is -2.44. The Hall–Kier alpha value is -2.44. The number of ether oxygens (including phenoxy) is 1. The number of pyridine rings is 1. The van der Waals surface area contributed by atoms with Gasteiger partial charge in [0.25, 0.3) is 5.88 Å². The molecular formula is C20H22BClF4N4O3. The fourth-order valence-corrected chi connectivity index (χ4v) is 3.51. The van der Waals surface area contributed by atoms with Crippen LogP contribution in [0.3, 0.4) is 0 Å². The predicted octanol–water partition coefficient (Wildman–Crippen LogP) is 5.00. The summed E-state index contributed by atoms with van der Waals surface area (Å²) in [5.41, 5.74) is 6.52. The first-order valence-electron chi connectivity index (χ1n) is 9.96. The minimum atomic E-state index is -4.60. The van der Waals surface area contributed by atoms with Crippen LogP contribution in [0.25, 0.3) is 0 Å². The lowest BCUT2D eigenvalue weighted by Gasteiger charge is -2.36. The number of nitrogens with one attached hydrogen (secondary N) is 1. The van der Waals surface area contributed by atoms with E-state index in [-0.39, 0.29) is 5.46 Å². The fraction of sp³-hybridized carbons (Fsp3) is 0.450. The summed E-state index contributed by atoms with van der Waals surface area (Å²) in [4.78, 5) is 3.64. The van der Waals surface area contributed by atoms with Crippen molar-refractivity contribution in [3.8, 4) is 5.88 Å². The van der Waals surface area contributed by atoms with Gasteiger partial charge < -0.3 is 14.0 Å². The van der Waals surface area contributed by atoms with E-state index in [0.29, 0.717) is 23.6 Å². The zero-order valence-corrected chi connectivity index (χ0v) is 18.9. The smallest absolute Gasteiger partial charge is 0.466 e. The van der Waals surface area contributed by atoms with Crippen molar-refractivity contribution in [3.05, 3.63) is 53.2 Å². The summed E-state index contributed by atoms with van der Waals surface area (Å²) in [6.45, 7) is 3.87. The molecule has 3 heterocycles. The number of allylic oxidation sites excluding steroid dienone is 4. The molecule has 13 heteroatoms. The van der Waals surface area contributed by atoms with Crippen molar-refractivity contribution < 1.29 is 31.6 Å². The number of nitrogens with zero attached hydrogens (tertiary/aromatic N) is 3. The SMILES string of the molecule is CC1(C)OB(c2cnc(OCC(F)(F)F)c(F)c2)OC1(C)CC/C=C1/C=C(Cl)C=CN1N=N. The fourth-order valence-electron chi connectivity index (χ4n) is 3.34. The Morgan fingerprint density at radius 3 is 2.70 bits per heavy atom. The highest BCUT2D eigenvalue weighted by atomic mass is 35.5. The maximum Gasteiger partial charge on any atom is 0.496 e. The summed E-state index contributed by atoms with van der Waals surface area (Å²) in [7, 11) is -0.969. The molecule has 0 aromatic carbocycles. The van der Waals surface area contributed by atoms with Crippen LogP contribution >= 0.6 is 11.6 Å². The van der Waals surface area contributed by atoms with Gasteiger partial charge in [0.05, 0.1) is 16.9 Å². The Labute approximate surface area is 193 Å². The van der Waals surface area contributed by atoms with Crippen LogP contribution in [0.15, 0.2) is 52.6 Å². The summed E-state index contributed by atoms with van der Waals surface area (Å²) < 4.78 is 67.6. The summed E-state index contributed by atoms with van der Waals surface area (Å²) >= 11 is 6.02. The van der Waals surface area contributed by atoms with Gasteiger partial charge in [-0.2, -0.15) is 18.7 Å². The normalized spacial score (nSPS) is 23.8. The van der Waals surface area contributed by atoms with Gasteiger partial charge in [-0.05, 0) is 51.8 Å². The number of rotatable bonds is 7. The van der Waals surface area contributed by atoms with E-state index in [4.69, 9.17) is 26.4 Å². The summed E-state index contributed by atoms with van der Waals surface area (Å²) in [6.07, 6.45) is 4.32. The molecule has 1 atom stereocenters. The Morgan fingerprint density at radius 2 is 2.06 bits per heavy atom. The van der Waals surface area contributed by atoms with E-state index in [9.17, 15) is 17.6 Å². The molecule has 0 saturated carbocycles. The van der Waals surface area contributed by atoms with Crippen LogP contribution < -0.4 is 10.2 Å². The first-order valence-corrected chi connectivity index (χ1v) is 10.3. The van der Waals surface area contributed by atoms with E-state index in [1.165, 1.54) is 5.01 Å². The predicted molar refractivity (Wildman–Crippen MR) is 113 cm³/mol. The molecule has 1 N–H and O–H groups in total. The van der Waals surface area contributed by atoms with Crippen molar-refractivity contribution >= 4 is 24.2 Å². The summed E-state index contributed by atoms with van der Waals surface area (Å²) in [5.74, 6) is -1.80. The molecule has 33 heavy (non-hydrogen) atoms. The maximum atomic E-state index is 14.3.